The first kappa shape index (κ1) is 16.5. The molecule has 1 aliphatic rings. The summed E-state index contributed by atoms with van der Waals surface area (Å²) in [6.45, 7) is 1.14. The van der Waals surface area contributed by atoms with Crippen molar-refractivity contribution >= 4 is 11.6 Å². The molecule has 3 rings (SSSR count). The van der Waals surface area contributed by atoms with Crippen LogP contribution in [0.5, 0.6) is 0 Å². The lowest BCUT2D eigenvalue weighted by molar-refractivity contribution is 0.373. The number of fused-ring (bicyclic) bond motifs is 1. The monoisotopic (exact) mass is 327 g/mol. The minimum absolute atomic E-state index is 0.567. The molecule has 0 N–H and O–H groups in total. The zero-order valence-electron chi connectivity index (χ0n) is 14.1. The predicted molar refractivity (Wildman–Crippen MR) is 99.5 cm³/mol. The fraction of sp³-hybridized carbons (Fsp3) is 0.429. The first-order valence-corrected chi connectivity index (χ1v) is 9.01. The van der Waals surface area contributed by atoms with Gasteiger partial charge in [0.15, 0.2) is 0 Å². The minimum Gasteiger partial charge on any atom is -0.309 e. The molecule has 2 atom stereocenters. The van der Waals surface area contributed by atoms with E-state index in [9.17, 15) is 0 Å². The summed E-state index contributed by atoms with van der Waals surface area (Å²) in [5, 5.41) is 0.853. The molecule has 1 aliphatic carbocycles. The first-order valence-electron chi connectivity index (χ1n) is 8.63. The first-order chi connectivity index (χ1) is 11.1. The Labute approximate surface area is 145 Å². The molecule has 0 fully saturated rings. The van der Waals surface area contributed by atoms with Crippen molar-refractivity contribution in [2.45, 2.75) is 37.5 Å². The molecule has 23 heavy (non-hydrogen) atoms. The van der Waals surface area contributed by atoms with E-state index in [0.717, 1.165) is 11.6 Å². The van der Waals surface area contributed by atoms with Crippen molar-refractivity contribution in [3.63, 3.8) is 0 Å². The summed E-state index contributed by atoms with van der Waals surface area (Å²) in [5.74, 6) is 1.20. The fourth-order valence-electron chi connectivity index (χ4n) is 3.97. The largest absolute Gasteiger partial charge is 0.309 e. The Morgan fingerprint density at radius 2 is 1.96 bits per heavy atom. The third-order valence-electron chi connectivity index (χ3n) is 5.06. The van der Waals surface area contributed by atoms with Crippen LogP contribution in [0.4, 0.5) is 0 Å². The average molecular weight is 328 g/mol. The van der Waals surface area contributed by atoms with Gasteiger partial charge in [-0.05, 0) is 87.0 Å². The maximum absolute atomic E-state index is 6.27. The van der Waals surface area contributed by atoms with Crippen molar-refractivity contribution in [3.05, 3.63) is 70.2 Å². The number of rotatable bonds is 6. The van der Waals surface area contributed by atoms with Crippen LogP contribution in [0.2, 0.25) is 5.02 Å². The SMILES string of the molecule is CN(C)CCCC(c1cccc(Cl)c1)C1CCc2ccccc21. The summed E-state index contributed by atoms with van der Waals surface area (Å²) in [6, 6.07) is 17.5. The van der Waals surface area contributed by atoms with E-state index >= 15 is 0 Å². The zero-order valence-corrected chi connectivity index (χ0v) is 14.9. The quantitative estimate of drug-likeness (QED) is 0.677. The van der Waals surface area contributed by atoms with Crippen molar-refractivity contribution < 1.29 is 0 Å². The molecule has 0 saturated heterocycles. The van der Waals surface area contributed by atoms with Crippen molar-refractivity contribution in [3.8, 4) is 0 Å². The number of hydrogen-bond acceptors (Lipinski definition) is 1. The fourth-order valence-corrected chi connectivity index (χ4v) is 4.17. The lowest BCUT2D eigenvalue weighted by atomic mass is 9.79. The smallest absolute Gasteiger partial charge is 0.0408 e. The second-order valence-electron chi connectivity index (χ2n) is 6.95. The van der Waals surface area contributed by atoms with E-state index in [1.807, 2.05) is 6.07 Å². The molecule has 0 aliphatic heterocycles. The Morgan fingerprint density at radius 1 is 1.13 bits per heavy atom. The Kier molecular flexibility index (Phi) is 5.40. The van der Waals surface area contributed by atoms with E-state index < -0.39 is 0 Å². The summed E-state index contributed by atoms with van der Waals surface area (Å²) in [6.07, 6.45) is 4.92. The van der Waals surface area contributed by atoms with Crippen LogP contribution in [0.1, 0.15) is 47.8 Å². The highest BCUT2D eigenvalue weighted by molar-refractivity contribution is 6.30. The van der Waals surface area contributed by atoms with Crippen LogP contribution in [0.15, 0.2) is 48.5 Å². The second-order valence-corrected chi connectivity index (χ2v) is 7.39. The highest BCUT2D eigenvalue weighted by Crippen LogP contribution is 2.45. The molecule has 2 unspecified atom stereocenters. The number of hydrogen-bond donors (Lipinski definition) is 0. The molecule has 122 valence electrons. The molecule has 0 spiro atoms. The molecule has 2 heteroatoms. The van der Waals surface area contributed by atoms with Gasteiger partial charge in [-0.1, -0.05) is 48.0 Å². The van der Waals surface area contributed by atoms with Crippen LogP contribution < -0.4 is 0 Å². The highest BCUT2D eigenvalue weighted by atomic mass is 35.5. The maximum Gasteiger partial charge on any atom is 0.0408 e. The van der Waals surface area contributed by atoms with Crippen LogP contribution >= 0.6 is 11.6 Å². The lowest BCUT2D eigenvalue weighted by Crippen LogP contribution is -2.16. The van der Waals surface area contributed by atoms with Gasteiger partial charge in [0.25, 0.3) is 0 Å². The van der Waals surface area contributed by atoms with Crippen molar-refractivity contribution in [1.82, 2.24) is 4.90 Å². The van der Waals surface area contributed by atoms with E-state index in [2.05, 4.69) is 61.5 Å². The molecule has 0 heterocycles. The van der Waals surface area contributed by atoms with Gasteiger partial charge in [-0.15, -0.1) is 0 Å². The van der Waals surface area contributed by atoms with Gasteiger partial charge in [-0.2, -0.15) is 0 Å². The van der Waals surface area contributed by atoms with Crippen molar-refractivity contribution in [2.24, 2.45) is 0 Å². The molecule has 0 bridgehead atoms. The molecule has 2 aromatic carbocycles. The van der Waals surface area contributed by atoms with E-state index in [0.29, 0.717) is 11.8 Å². The third-order valence-corrected chi connectivity index (χ3v) is 5.30. The zero-order chi connectivity index (χ0) is 16.2. The number of nitrogens with zero attached hydrogens (tertiary/aromatic N) is 1. The second kappa shape index (κ2) is 7.51. The Hall–Kier alpha value is -1.31. The number of halogens is 1. The molecule has 0 amide bonds. The van der Waals surface area contributed by atoms with E-state index in [-0.39, 0.29) is 0 Å². The normalized spacial score (nSPS) is 18.2. The average Bonchev–Trinajstić information content (AvgIpc) is 2.95. The molecular formula is C21H26ClN. The van der Waals surface area contributed by atoms with Gasteiger partial charge in [0.05, 0.1) is 0 Å². The Morgan fingerprint density at radius 3 is 2.74 bits per heavy atom. The molecule has 0 saturated carbocycles. The van der Waals surface area contributed by atoms with Gasteiger partial charge in [0, 0.05) is 5.02 Å². The molecule has 1 nitrogen and oxygen atoms in total. The van der Waals surface area contributed by atoms with E-state index in [1.165, 1.54) is 36.8 Å². The van der Waals surface area contributed by atoms with Crippen LogP contribution in [-0.2, 0) is 6.42 Å². The van der Waals surface area contributed by atoms with Gasteiger partial charge < -0.3 is 4.90 Å². The lowest BCUT2D eigenvalue weighted by Gasteiger charge is -2.26. The van der Waals surface area contributed by atoms with E-state index in [4.69, 9.17) is 11.6 Å². The summed E-state index contributed by atoms with van der Waals surface area (Å²) in [5.41, 5.74) is 4.50. The summed E-state index contributed by atoms with van der Waals surface area (Å²) in [4.78, 5) is 2.28. The van der Waals surface area contributed by atoms with Gasteiger partial charge in [0.2, 0.25) is 0 Å². The molecule has 0 radical (unpaired) electrons. The summed E-state index contributed by atoms with van der Waals surface area (Å²) < 4.78 is 0. The standard InChI is InChI=1S/C21H26ClN/c1-23(2)14-6-11-20(17-8-5-9-18(22)15-17)21-13-12-16-7-3-4-10-19(16)21/h3-5,7-10,15,20-21H,6,11-14H2,1-2H3. The molecular weight excluding hydrogens is 302 g/mol. The summed E-state index contributed by atoms with van der Waals surface area (Å²) >= 11 is 6.27. The molecule has 2 aromatic rings. The van der Waals surface area contributed by atoms with Crippen molar-refractivity contribution in [1.29, 1.82) is 0 Å². The van der Waals surface area contributed by atoms with Crippen LogP contribution in [0.25, 0.3) is 0 Å². The van der Waals surface area contributed by atoms with E-state index in [1.54, 1.807) is 5.56 Å². The third kappa shape index (κ3) is 3.97. The number of aryl methyl sites for hydroxylation is 1. The van der Waals surface area contributed by atoms with Gasteiger partial charge >= 0.3 is 0 Å². The van der Waals surface area contributed by atoms with Crippen molar-refractivity contribution in [2.75, 3.05) is 20.6 Å². The van der Waals surface area contributed by atoms with Gasteiger partial charge in [-0.3, -0.25) is 0 Å². The number of benzene rings is 2. The summed E-state index contributed by atoms with van der Waals surface area (Å²) in [7, 11) is 4.30. The predicted octanol–water partition coefficient (Wildman–Crippen LogP) is 5.50. The minimum atomic E-state index is 0.567. The highest BCUT2D eigenvalue weighted by Gasteiger charge is 2.30. The Balaban J connectivity index is 1.86. The van der Waals surface area contributed by atoms with Crippen LogP contribution in [0.3, 0.4) is 0 Å². The Bertz CT molecular complexity index is 650. The van der Waals surface area contributed by atoms with Crippen LogP contribution in [0, 0.1) is 0 Å². The maximum atomic E-state index is 6.27. The van der Waals surface area contributed by atoms with Gasteiger partial charge in [-0.25, -0.2) is 0 Å². The topological polar surface area (TPSA) is 3.24 Å². The van der Waals surface area contributed by atoms with Crippen LogP contribution in [-0.4, -0.2) is 25.5 Å². The molecule has 0 aromatic heterocycles. The van der Waals surface area contributed by atoms with Gasteiger partial charge in [0.1, 0.15) is 0 Å².